The Balaban J connectivity index is 1.66. The zero-order chi connectivity index (χ0) is 24.3. The van der Waals surface area contributed by atoms with E-state index in [1.807, 2.05) is 37.3 Å². The number of rotatable bonds is 12. The molecule has 0 saturated carbocycles. The first-order valence-corrected chi connectivity index (χ1v) is 11.8. The molecule has 1 fully saturated rings. The highest BCUT2D eigenvalue weighted by Crippen LogP contribution is 2.30. The van der Waals surface area contributed by atoms with Gasteiger partial charge >= 0.3 is 0 Å². The fraction of sp³-hybridized carbons (Fsp3) is 0.538. The number of aromatic nitrogens is 1. The van der Waals surface area contributed by atoms with Gasteiger partial charge in [0.25, 0.3) is 0 Å². The molecule has 1 saturated heterocycles. The molecule has 1 aliphatic rings. The molecule has 1 N–H and O–H groups in total. The van der Waals surface area contributed by atoms with Crippen molar-refractivity contribution in [1.82, 2.24) is 15.2 Å². The quantitative estimate of drug-likeness (QED) is 0.477. The highest BCUT2D eigenvalue weighted by Gasteiger charge is 2.32. The Morgan fingerprint density at radius 2 is 1.94 bits per heavy atom. The van der Waals surface area contributed by atoms with Crippen molar-refractivity contribution >= 4 is 5.91 Å². The van der Waals surface area contributed by atoms with E-state index in [0.29, 0.717) is 37.8 Å². The minimum absolute atomic E-state index is 0.0927. The van der Waals surface area contributed by atoms with Crippen LogP contribution in [0.1, 0.15) is 24.1 Å². The monoisotopic (exact) mass is 471 g/mol. The number of nitrogens with one attached hydrogen (secondary N) is 1. The number of carbonyl (C=O) groups is 1. The number of hydrogen-bond acceptors (Lipinski definition) is 7. The summed E-state index contributed by atoms with van der Waals surface area (Å²) in [4.78, 5) is 19.6. The number of carbonyl (C=O) groups excluding carboxylic acids is 1. The third-order valence-corrected chi connectivity index (χ3v) is 6.03. The van der Waals surface area contributed by atoms with Crippen molar-refractivity contribution in [3.63, 3.8) is 0 Å². The van der Waals surface area contributed by atoms with Crippen molar-refractivity contribution in [3.8, 4) is 17.2 Å². The van der Waals surface area contributed by atoms with Crippen LogP contribution in [0.5, 0.6) is 17.2 Å². The summed E-state index contributed by atoms with van der Waals surface area (Å²) in [5.74, 6) is 2.39. The van der Waals surface area contributed by atoms with Gasteiger partial charge in [-0.2, -0.15) is 0 Å². The summed E-state index contributed by atoms with van der Waals surface area (Å²) in [6.45, 7) is 6.02. The first-order valence-electron chi connectivity index (χ1n) is 11.8. The van der Waals surface area contributed by atoms with Crippen molar-refractivity contribution in [2.75, 3.05) is 54.2 Å². The Labute approximate surface area is 202 Å². The number of piperidine rings is 1. The number of aryl methyl sites for hydroxylation is 1. The van der Waals surface area contributed by atoms with Crippen LogP contribution >= 0.6 is 0 Å². The van der Waals surface area contributed by atoms with Crippen LogP contribution in [0.25, 0.3) is 0 Å². The number of amides is 1. The Morgan fingerprint density at radius 1 is 1.12 bits per heavy atom. The minimum Gasteiger partial charge on any atom is -0.493 e. The van der Waals surface area contributed by atoms with E-state index in [0.717, 1.165) is 42.9 Å². The van der Waals surface area contributed by atoms with Gasteiger partial charge in [0.1, 0.15) is 5.75 Å². The van der Waals surface area contributed by atoms with Gasteiger partial charge in [0.15, 0.2) is 11.5 Å². The smallest absolute Gasteiger partial charge is 0.224 e. The molecule has 0 radical (unpaired) electrons. The van der Waals surface area contributed by atoms with Crippen molar-refractivity contribution < 1.29 is 23.7 Å². The molecule has 3 rings (SSSR count). The van der Waals surface area contributed by atoms with Crippen LogP contribution in [0.15, 0.2) is 36.5 Å². The summed E-state index contributed by atoms with van der Waals surface area (Å²) < 4.78 is 21.9. The lowest BCUT2D eigenvalue weighted by molar-refractivity contribution is -0.127. The molecule has 0 unspecified atom stereocenters. The second kappa shape index (κ2) is 13.2. The number of pyridine rings is 1. The Bertz CT molecular complexity index is 906. The lowest BCUT2D eigenvalue weighted by Gasteiger charge is -2.37. The largest absolute Gasteiger partial charge is 0.493 e. The minimum atomic E-state index is -0.0961. The van der Waals surface area contributed by atoms with E-state index in [-0.39, 0.29) is 17.7 Å². The van der Waals surface area contributed by atoms with Crippen LogP contribution in [-0.4, -0.2) is 70.0 Å². The molecule has 2 aromatic rings. The van der Waals surface area contributed by atoms with Gasteiger partial charge in [-0.3, -0.25) is 14.7 Å². The molecule has 0 spiro atoms. The normalized spacial score (nSPS) is 18.4. The molecular weight excluding hydrogens is 434 g/mol. The van der Waals surface area contributed by atoms with Gasteiger partial charge in [-0.1, -0.05) is 6.07 Å². The van der Waals surface area contributed by atoms with E-state index in [1.165, 1.54) is 0 Å². The fourth-order valence-corrected chi connectivity index (χ4v) is 4.31. The fourth-order valence-electron chi connectivity index (χ4n) is 4.31. The third-order valence-electron chi connectivity index (χ3n) is 6.03. The van der Waals surface area contributed by atoms with Gasteiger partial charge in [0.05, 0.1) is 32.9 Å². The molecule has 2 atom stereocenters. The molecule has 8 heteroatoms. The van der Waals surface area contributed by atoms with Crippen LogP contribution < -0.4 is 19.5 Å². The molecule has 1 aliphatic heterocycles. The SMILES string of the molecule is COCCCNC(=O)[C@@H]1C[C@H](COc2ccc(C)nc2)CN(Cc2ccc(OC)c(OC)c2)C1. The maximum Gasteiger partial charge on any atom is 0.224 e. The van der Waals surface area contributed by atoms with E-state index < -0.39 is 0 Å². The van der Waals surface area contributed by atoms with Gasteiger partial charge in [-0.05, 0) is 49.6 Å². The maximum absolute atomic E-state index is 12.9. The van der Waals surface area contributed by atoms with E-state index in [2.05, 4.69) is 15.2 Å². The number of ether oxygens (including phenoxy) is 4. The van der Waals surface area contributed by atoms with Gasteiger partial charge in [-0.15, -0.1) is 0 Å². The number of nitrogens with zero attached hydrogens (tertiary/aromatic N) is 2. The molecular formula is C26H37N3O5. The predicted octanol–water partition coefficient (Wildman–Crippen LogP) is 3.08. The number of likely N-dealkylation sites (tertiary alicyclic amines) is 1. The Morgan fingerprint density at radius 3 is 2.65 bits per heavy atom. The average Bonchev–Trinajstić information content (AvgIpc) is 2.86. The highest BCUT2D eigenvalue weighted by atomic mass is 16.5. The summed E-state index contributed by atoms with van der Waals surface area (Å²) in [5.41, 5.74) is 2.07. The maximum atomic E-state index is 12.9. The van der Waals surface area contributed by atoms with Crippen LogP contribution in [0.3, 0.4) is 0 Å². The van der Waals surface area contributed by atoms with Crippen molar-refractivity contribution in [1.29, 1.82) is 0 Å². The summed E-state index contributed by atoms with van der Waals surface area (Å²) in [6.07, 6.45) is 3.34. The van der Waals surface area contributed by atoms with Crippen molar-refractivity contribution in [3.05, 3.63) is 47.8 Å². The second-order valence-corrected chi connectivity index (χ2v) is 8.77. The van der Waals surface area contributed by atoms with Gasteiger partial charge in [-0.25, -0.2) is 0 Å². The molecule has 0 bridgehead atoms. The average molecular weight is 472 g/mol. The molecule has 8 nitrogen and oxygen atoms in total. The van der Waals surface area contributed by atoms with E-state index in [9.17, 15) is 4.79 Å². The summed E-state index contributed by atoms with van der Waals surface area (Å²) in [6, 6.07) is 9.83. The van der Waals surface area contributed by atoms with Gasteiger partial charge in [0, 0.05) is 51.5 Å². The van der Waals surface area contributed by atoms with Gasteiger partial charge in [0.2, 0.25) is 5.91 Å². The summed E-state index contributed by atoms with van der Waals surface area (Å²) in [5, 5.41) is 3.07. The number of hydrogen-bond donors (Lipinski definition) is 1. The zero-order valence-electron chi connectivity index (χ0n) is 20.7. The zero-order valence-corrected chi connectivity index (χ0v) is 20.7. The molecule has 186 valence electrons. The standard InChI is InChI=1S/C26H37N3O5/c1-19-6-8-23(14-28-19)34-18-21-12-22(26(30)27-10-5-11-31-2)17-29(16-21)15-20-7-9-24(32-3)25(13-20)33-4/h6-9,13-14,21-22H,5,10-12,15-18H2,1-4H3,(H,27,30)/t21-,22+/m0/s1. The van der Waals surface area contributed by atoms with Gasteiger partial charge < -0.3 is 24.3 Å². The second-order valence-electron chi connectivity index (χ2n) is 8.77. The molecule has 1 amide bonds. The molecule has 34 heavy (non-hydrogen) atoms. The van der Waals surface area contributed by atoms with Crippen LogP contribution in [-0.2, 0) is 16.1 Å². The molecule has 1 aromatic carbocycles. The summed E-state index contributed by atoms with van der Waals surface area (Å²) in [7, 11) is 4.94. The predicted molar refractivity (Wildman–Crippen MR) is 130 cm³/mol. The Kier molecular flexibility index (Phi) is 9.97. The van der Waals surface area contributed by atoms with Crippen LogP contribution in [0.4, 0.5) is 0 Å². The number of methoxy groups -OCH3 is 3. The van der Waals surface area contributed by atoms with Crippen LogP contribution in [0.2, 0.25) is 0 Å². The van der Waals surface area contributed by atoms with E-state index in [1.54, 1.807) is 27.5 Å². The first-order chi connectivity index (χ1) is 16.5. The van der Waals surface area contributed by atoms with E-state index in [4.69, 9.17) is 18.9 Å². The third kappa shape index (κ3) is 7.60. The molecule has 2 heterocycles. The van der Waals surface area contributed by atoms with Crippen molar-refractivity contribution in [2.24, 2.45) is 11.8 Å². The lowest BCUT2D eigenvalue weighted by atomic mass is 9.88. The van der Waals surface area contributed by atoms with Crippen molar-refractivity contribution in [2.45, 2.75) is 26.3 Å². The highest BCUT2D eigenvalue weighted by molar-refractivity contribution is 5.79. The topological polar surface area (TPSA) is 82.2 Å². The lowest BCUT2D eigenvalue weighted by Crippen LogP contribution is -2.47. The molecule has 1 aromatic heterocycles. The van der Waals surface area contributed by atoms with Crippen LogP contribution in [0, 0.1) is 18.8 Å². The first kappa shape index (κ1) is 25.8. The Hall–Kier alpha value is -2.84. The number of benzene rings is 1. The summed E-state index contributed by atoms with van der Waals surface area (Å²) >= 11 is 0. The molecule has 0 aliphatic carbocycles. The van der Waals surface area contributed by atoms with E-state index >= 15 is 0 Å².